The highest BCUT2D eigenvalue weighted by Gasteiger charge is 2.32. The molecule has 1 N–H and O–H groups in total. The zero-order valence-corrected chi connectivity index (χ0v) is 15.3. The first-order valence-corrected chi connectivity index (χ1v) is 9.37. The van der Waals surface area contributed by atoms with Gasteiger partial charge in [0.2, 0.25) is 0 Å². The Morgan fingerprint density at radius 3 is 2.57 bits per heavy atom. The van der Waals surface area contributed by atoms with E-state index in [2.05, 4.69) is 0 Å². The Morgan fingerprint density at radius 1 is 1.14 bits per heavy atom. The quantitative estimate of drug-likeness (QED) is 0.599. The van der Waals surface area contributed by atoms with E-state index in [1.165, 1.54) is 11.3 Å². The summed E-state index contributed by atoms with van der Waals surface area (Å²) < 4.78 is 53.9. The fourth-order valence-electron chi connectivity index (χ4n) is 3.33. The first-order valence-electron chi connectivity index (χ1n) is 8.55. The maximum atomic E-state index is 14.2. The van der Waals surface area contributed by atoms with Crippen molar-refractivity contribution in [3.63, 3.8) is 0 Å². The number of hydrogen-bond acceptors (Lipinski definition) is 3. The van der Waals surface area contributed by atoms with Crippen LogP contribution in [-0.4, -0.2) is 29.1 Å². The molecule has 28 heavy (non-hydrogen) atoms. The second-order valence-corrected chi connectivity index (χ2v) is 7.99. The Bertz CT molecular complexity index is 1050. The van der Waals surface area contributed by atoms with Gasteiger partial charge in [0.25, 0.3) is 0 Å². The SMILES string of the molecule is O=C(O)C1CN(Cc2ccc3sc(-c4cc(C(F)(F)F)ccc4F)cc3c2)C1. The topological polar surface area (TPSA) is 40.5 Å². The Morgan fingerprint density at radius 2 is 1.89 bits per heavy atom. The van der Waals surface area contributed by atoms with Crippen LogP contribution in [0.2, 0.25) is 0 Å². The van der Waals surface area contributed by atoms with Gasteiger partial charge in [0.1, 0.15) is 5.82 Å². The van der Waals surface area contributed by atoms with Crippen molar-refractivity contribution in [1.29, 1.82) is 0 Å². The molecule has 0 atom stereocenters. The van der Waals surface area contributed by atoms with E-state index in [1.807, 2.05) is 23.1 Å². The molecule has 0 amide bonds. The van der Waals surface area contributed by atoms with Gasteiger partial charge >= 0.3 is 12.1 Å². The molecule has 1 fully saturated rings. The van der Waals surface area contributed by atoms with Crippen molar-refractivity contribution in [3.8, 4) is 10.4 Å². The standard InChI is InChI=1S/C20H15F4NO2S/c21-16-3-2-14(20(22,23)24)7-15(16)18-6-12-5-11(1-4-17(12)28-18)8-25-9-13(10-25)19(26)27/h1-7,13H,8-10H2,(H,26,27). The average molecular weight is 409 g/mol. The number of carbonyl (C=O) groups is 1. The van der Waals surface area contributed by atoms with Gasteiger partial charge in [-0.3, -0.25) is 9.69 Å². The molecule has 2 heterocycles. The van der Waals surface area contributed by atoms with Gasteiger partial charge < -0.3 is 5.11 Å². The van der Waals surface area contributed by atoms with Crippen molar-refractivity contribution in [2.24, 2.45) is 5.92 Å². The molecular formula is C20H15F4NO2S. The number of likely N-dealkylation sites (tertiary alicyclic amines) is 1. The lowest BCUT2D eigenvalue weighted by molar-refractivity contribution is -0.147. The second kappa shape index (κ2) is 6.86. The van der Waals surface area contributed by atoms with E-state index in [0.717, 1.165) is 33.8 Å². The number of aliphatic carboxylic acids is 1. The normalized spacial score (nSPS) is 15.7. The van der Waals surface area contributed by atoms with Gasteiger partial charge in [-0.05, 0) is 47.3 Å². The molecule has 0 bridgehead atoms. The zero-order valence-electron chi connectivity index (χ0n) is 14.5. The molecule has 0 unspecified atom stereocenters. The van der Waals surface area contributed by atoms with E-state index in [9.17, 15) is 22.4 Å². The number of benzene rings is 2. The van der Waals surface area contributed by atoms with Gasteiger partial charge in [0.15, 0.2) is 0 Å². The maximum Gasteiger partial charge on any atom is 0.416 e. The minimum Gasteiger partial charge on any atom is -0.481 e. The number of rotatable bonds is 4. The summed E-state index contributed by atoms with van der Waals surface area (Å²) in [6.45, 7) is 1.60. The number of alkyl halides is 3. The Balaban J connectivity index is 1.60. The third kappa shape index (κ3) is 3.62. The molecule has 0 aliphatic carbocycles. The van der Waals surface area contributed by atoms with Crippen molar-refractivity contribution in [2.45, 2.75) is 12.7 Å². The summed E-state index contributed by atoms with van der Waals surface area (Å²) in [5.41, 5.74) is 0.0302. The van der Waals surface area contributed by atoms with Crippen LogP contribution in [0.4, 0.5) is 17.6 Å². The molecule has 1 aliphatic rings. The molecule has 0 radical (unpaired) electrons. The van der Waals surface area contributed by atoms with Crippen molar-refractivity contribution < 1.29 is 27.5 Å². The van der Waals surface area contributed by atoms with E-state index in [4.69, 9.17) is 5.11 Å². The summed E-state index contributed by atoms with van der Waals surface area (Å²) in [4.78, 5) is 13.3. The van der Waals surface area contributed by atoms with E-state index in [1.54, 1.807) is 6.07 Å². The molecule has 1 aliphatic heterocycles. The minimum atomic E-state index is -4.53. The Kier molecular flexibility index (Phi) is 4.63. The van der Waals surface area contributed by atoms with E-state index in [0.29, 0.717) is 24.5 Å². The molecule has 8 heteroatoms. The van der Waals surface area contributed by atoms with E-state index >= 15 is 0 Å². The lowest BCUT2D eigenvalue weighted by atomic mass is 9.99. The molecule has 2 aromatic carbocycles. The van der Waals surface area contributed by atoms with Crippen molar-refractivity contribution in [2.75, 3.05) is 13.1 Å². The first kappa shape index (κ1) is 18.9. The number of hydrogen-bond donors (Lipinski definition) is 1. The highest BCUT2D eigenvalue weighted by atomic mass is 32.1. The fraction of sp³-hybridized carbons (Fsp3) is 0.250. The molecular weight excluding hydrogens is 394 g/mol. The average Bonchev–Trinajstić information content (AvgIpc) is 2.99. The summed E-state index contributed by atoms with van der Waals surface area (Å²) >= 11 is 1.24. The number of fused-ring (bicyclic) bond motifs is 1. The predicted octanol–water partition coefficient (Wildman–Crippen LogP) is 5.24. The maximum absolute atomic E-state index is 14.2. The van der Waals surface area contributed by atoms with Crippen molar-refractivity contribution in [3.05, 3.63) is 59.4 Å². The van der Waals surface area contributed by atoms with Gasteiger partial charge in [-0.25, -0.2) is 4.39 Å². The van der Waals surface area contributed by atoms with Crippen LogP contribution in [0.3, 0.4) is 0 Å². The highest BCUT2D eigenvalue weighted by Crippen LogP contribution is 2.38. The smallest absolute Gasteiger partial charge is 0.416 e. The molecule has 1 aromatic heterocycles. The van der Waals surface area contributed by atoms with Gasteiger partial charge in [-0.2, -0.15) is 13.2 Å². The molecule has 146 valence electrons. The largest absolute Gasteiger partial charge is 0.481 e. The van der Waals surface area contributed by atoms with E-state index in [-0.39, 0.29) is 11.5 Å². The van der Waals surface area contributed by atoms with Crippen LogP contribution in [0.1, 0.15) is 11.1 Å². The molecule has 0 spiro atoms. The van der Waals surface area contributed by atoms with Crippen LogP contribution in [0.5, 0.6) is 0 Å². The summed E-state index contributed by atoms with van der Waals surface area (Å²) in [7, 11) is 0. The molecule has 1 saturated heterocycles. The van der Waals surface area contributed by atoms with Gasteiger partial charge in [-0.15, -0.1) is 11.3 Å². The molecule has 0 saturated carbocycles. The first-order chi connectivity index (χ1) is 13.2. The van der Waals surface area contributed by atoms with Crippen LogP contribution in [0, 0.1) is 11.7 Å². The third-order valence-corrected chi connectivity index (χ3v) is 6.00. The van der Waals surface area contributed by atoms with Crippen LogP contribution in [0.15, 0.2) is 42.5 Å². The van der Waals surface area contributed by atoms with Crippen LogP contribution >= 0.6 is 11.3 Å². The van der Waals surface area contributed by atoms with E-state index < -0.39 is 23.5 Å². The van der Waals surface area contributed by atoms with Crippen molar-refractivity contribution >= 4 is 27.4 Å². The van der Waals surface area contributed by atoms with Crippen LogP contribution in [0.25, 0.3) is 20.5 Å². The predicted molar refractivity (Wildman–Crippen MR) is 98.6 cm³/mol. The van der Waals surface area contributed by atoms with Crippen LogP contribution in [-0.2, 0) is 17.5 Å². The Hall–Kier alpha value is -2.45. The van der Waals surface area contributed by atoms with Gasteiger partial charge in [0.05, 0.1) is 11.5 Å². The summed E-state index contributed by atoms with van der Waals surface area (Å²) in [6.07, 6.45) is -4.53. The molecule has 3 aromatic rings. The third-order valence-electron chi connectivity index (χ3n) is 4.85. The number of carboxylic acids is 1. The van der Waals surface area contributed by atoms with Crippen molar-refractivity contribution in [1.82, 2.24) is 4.90 Å². The monoisotopic (exact) mass is 409 g/mol. The number of nitrogens with zero attached hydrogens (tertiary/aromatic N) is 1. The summed E-state index contributed by atoms with van der Waals surface area (Å²) in [5.74, 6) is -1.82. The lowest BCUT2D eigenvalue weighted by Crippen LogP contribution is -2.49. The van der Waals surface area contributed by atoms with Gasteiger partial charge in [-0.1, -0.05) is 6.07 Å². The summed E-state index contributed by atoms with van der Waals surface area (Å²) in [6, 6.07) is 9.79. The highest BCUT2D eigenvalue weighted by molar-refractivity contribution is 7.22. The van der Waals surface area contributed by atoms with Gasteiger partial charge in [0, 0.05) is 34.8 Å². The minimum absolute atomic E-state index is 0.0652. The fourth-order valence-corrected chi connectivity index (χ4v) is 4.39. The number of thiophene rings is 1. The molecule has 3 nitrogen and oxygen atoms in total. The van der Waals surface area contributed by atoms with Crippen LogP contribution < -0.4 is 0 Å². The Labute approximate surface area is 161 Å². The summed E-state index contributed by atoms with van der Waals surface area (Å²) in [5, 5.41) is 9.76. The zero-order chi connectivity index (χ0) is 20.1. The number of carboxylic acid groups (broad SMARTS) is 1. The molecule has 4 rings (SSSR count). The second-order valence-electron chi connectivity index (χ2n) is 6.90. The number of halogens is 4. The lowest BCUT2D eigenvalue weighted by Gasteiger charge is -2.36.